The van der Waals surface area contributed by atoms with Crippen LogP contribution in [0.4, 0.5) is 0 Å². The van der Waals surface area contributed by atoms with Gasteiger partial charge < -0.3 is 5.73 Å². The van der Waals surface area contributed by atoms with Crippen LogP contribution in [0, 0.1) is 0 Å². The molecule has 0 radical (unpaired) electrons. The summed E-state index contributed by atoms with van der Waals surface area (Å²) in [6.07, 6.45) is 0. The molecule has 0 amide bonds. The van der Waals surface area contributed by atoms with Crippen molar-refractivity contribution in [2.75, 3.05) is 0 Å². The zero-order chi connectivity index (χ0) is 4.28. The Hall–Kier alpha value is -0.370. The Morgan fingerprint density at radius 1 is 2.00 bits per heavy atom. The third-order valence-corrected chi connectivity index (χ3v) is 0.364. The van der Waals surface area contributed by atoms with E-state index in [-0.39, 0.29) is 5.82 Å². The van der Waals surface area contributed by atoms with E-state index in [2.05, 4.69) is 11.4 Å². The van der Waals surface area contributed by atoms with Gasteiger partial charge in [-0.05, 0) is 0 Å². The molecule has 30 valence electrons. The van der Waals surface area contributed by atoms with Crippen LogP contribution in [0.2, 0.25) is 0 Å². The molecule has 3 heteroatoms. The fraction of sp³-hybridized carbons (Fsp3) is 0. The zero-order valence-electron chi connectivity index (χ0n) is 2.66. The molecule has 0 aliphatic heterocycles. The molecule has 0 unspecified atom stereocenters. The molecule has 0 aromatic carbocycles. The Balaban J connectivity index is 2.85. The number of hydrogen-bond donors (Lipinski definition) is 2. The molecular formula is C2H5ClN2. The van der Waals surface area contributed by atoms with Gasteiger partial charge in [0.15, 0.2) is 0 Å². The van der Waals surface area contributed by atoms with Crippen molar-refractivity contribution in [2.45, 2.75) is 0 Å². The van der Waals surface area contributed by atoms with E-state index in [4.69, 9.17) is 17.5 Å². The molecule has 0 fully saturated rings. The van der Waals surface area contributed by atoms with Crippen molar-refractivity contribution in [1.29, 1.82) is 0 Å². The Kier molecular flexibility index (Phi) is 1.76. The SMILES string of the molecule is C=C(N)NCl. The van der Waals surface area contributed by atoms with Gasteiger partial charge in [-0.15, -0.1) is 0 Å². The largest absolute Gasteiger partial charge is 0.385 e. The van der Waals surface area contributed by atoms with Gasteiger partial charge in [-0.2, -0.15) is 0 Å². The van der Waals surface area contributed by atoms with Gasteiger partial charge in [0.1, 0.15) is 5.82 Å². The van der Waals surface area contributed by atoms with E-state index < -0.39 is 0 Å². The molecule has 2 nitrogen and oxygen atoms in total. The highest BCUT2D eigenvalue weighted by molar-refractivity contribution is 6.14. The molecule has 3 N–H and O–H groups in total. The summed E-state index contributed by atoms with van der Waals surface area (Å²) in [6, 6.07) is 0. The van der Waals surface area contributed by atoms with E-state index in [0.29, 0.717) is 0 Å². The van der Waals surface area contributed by atoms with Gasteiger partial charge in [0.25, 0.3) is 0 Å². The normalized spacial score (nSPS) is 6.60. The maximum Gasteiger partial charge on any atom is 0.103 e. The lowest BCUT2D eigenvalue weighted by atomic mass is 10.9. The van der Waals surface area contributed by atoms with Gasteiger partial charge in [0.05, 0.1) is 0 Å². The van der Waals surface area contributed by atoms with Crippen molar-refractivity contribution < 1.29 is 0 Å². The van der Waals surface area contributed by atoms with Crippen LogP contribution in [-0.4, -0.2) is 0 Å². The van der Waals surface area contributed by atoms with Crippen molar-refractivity contribution in [3.05, 3.63) is 12.4 Å². The Bertz CT molecular complexity index is 42.9. The highest BCUT2D eigenvalue weighted by atomic mass is 35.5. The third kappa shape index (κ3) is 3.63. The maximum absolute atomic E-state index is 4.86. The molecule has 0 aromatic rings. The molecule has 0 aliphatic carbocycles. The summed E-state index contributed by atoms with van der Waals surface area (Å²) < 4.78 is 0. The number of nitrogens with one attached hydrogen (secondary N) is 1. The molecule has 0 atom stereocenters. The second kappa shape index (κ2) is 1.91. The minimum atomic E-state index is 0.270. The van der Waals surface area contributed by atoms with Gasteiger partial charge in [-0.25, -0.2) is 0 Å². The second-order valence-electron chi connectivity index (χ2n) is 0.620. The first kappa shape index (κ1) is 4.63. The fourth-order valence-corrected chi connectivity index (χ4v) is 0. The van der Waals surface area contributed by atoms with Gasteiger partial charge >= 0.3 is 0 Å². The van der Waals surface area contributed by atoms with Crippen molar-refractivity contribution in [2.24, 2.45) is 5.73 Å². The molecule has 0 aromatic heterocycles. The van der Waals surface area contributed by atoms with Crippen molar-refractivity contribution in [3.63, 3.8) is 0 Å². The van der Waals surface area contributed by atoms with Crippen LogP contribution in [0.1, 0.15) is 0 Å². The summed E-state index contributed by atoms with van der Waals surface area (Å²) in [5, 5.41) is 0. The van der Waals surface area contributed by atoms with Crippen molar-refractivity contribution in [1.82, 2.24) is 4.84 Å². The summed E-state index contributed by atoms with van der Waals surface area (Å²) in [4.78, 5) is 2.08. The first-order valence-electron chi connectivity index (χ1n) is 1.08. The molecule has 0 spiro atoms. The molecule has 0 rings (SSSR count). The summed E-state index contributed by atoms with van der Waals surface area (Å²) in [7, 11) is 0. The van der Waals surface area contributed by atoms with Crippen LogP contribution in [0.3, 0.4) is 0 Å². The minimum absolute atomic E-state index is 0.270. The molecular weight excluding hydrogens is 87.5 g/mol. The molecule has 5 heavy (non-hydrogen) atoms. The maximum atomic E-state index is 4.86. The van der Waals surface area contributed by atoms with E-state index in [1.54, 1.807) is 0 Å². The summed E-state index contributed by atoms with van der Waals surface area (Å²) in [5.41, 5.74) is 4.85. The van der Waals surface area contributed by atoms with Gasteiger partial charge in [0, 0.05) is 11.8 Å². The van der Waals surface area contributed by atoms with Crippen molar-refractivity contribution >= 4 is 11.8 Å². The van der Waals surface area contributed by atoms with Gasteiger partial charge in [-0.1, -0.05) is 6.58 Å². The van der Waals surface area contributed by atoms with Crippen LogP contribution in [0.5, 0.6) is 0 Å². The van der Waals surface area contributed by atoms with Crippen molar-refractivity contribution in [3.8, 4) is 0 Å². The third-order valence-electron chi connectivity index (χ3n) is 0.121. The summed E-state index contributed by atoms with van der Waals surface area (Å²) in [5.74, 6) is 0.270. The molecule has 0 bridgehead atoms. The van der Waals surface area contributed by atoms with Gasteiger partial charge in [-0.3, -0.25) is 4.84 Å². The Morgan fingerprint density at radius 2 is 2.20 bits per heavy atom. The summed E-state index contributed by atoms with van der Waals surface area (Å²) >= 11 is 4.86. The van der Waals surface area contributed by atoms with E-state index in [0.717, 1.165) is 0 Å². The predicted molar refractivity (Wildman–Crippen MR) is 22.3 cm³/mol. The average molecular weight is 92.5 g/mol. The second-order valence-corrected chi connectivity index (χ2v) is 0.809. The fourth-order valence-electron chi connectivity index (χ4n) is 0. The quantitative estimate of drug-likeness (QED) is 0.452. The number of halogens is 1. The smallest absolute Gasteiger partial charge is 0.103 e. The molecule has 0 heterocycles. The first-order chi connectivity index (χ1) is 2.27. The Labute approximate surface area is 35.7 Å². The average Bonchev–Trinajstić information content (AvgIpc) is 1.38. The minimum Gasteiger partial charge on any atom is -0.385 e. The van der Waals surface area contributed by atoms with Gasteiger partial charge in [0.2, 0.25) is 0 Å². The molecule has 0 saturated carbocycles. The van der Waals surface area contributed by atoms with E-state index >= 15 is 0 Å². The highest BCUT2D eigenvalue weighted by Crippen LogP contribution is 1.64. The monoisotopic (exact) mass is 92.0 g/mol. The number of rotatable bonds is 1. The van der Waals surface area contributed by atoms with E-state index in [1.807, 2.05) is 0 Å². The van der Waals surface area contributed by atoms with Crippen LogP contribution >= 0.6 is 11.8 Å². The molecule has 0 saturated heterocycles. The lowest BCUT2D eigenvalue weighted by molar-refractivity contribution is 1.16. The number of hydrogen-bond acceptors (Lipinski definition) is 2. The lowest BCUT2D eigenvalue weighted by Gasteiger charge is -1.84. The standard InChI is InChI=1S/C2H5ClN2/c1-2(4)5-3/h5H,1,4H2. The van der Waals surface area contributed by atoms with Crippen LogP contribution in [0.25, 0.3) is 0 Å². The lowest BCUT2D eigenvalue weighted by Crippen LogP contribution is -2.05. The molecule has 0 aliphatic rings. The van der Waals surface area contributed by atoms with Crippen LogP contribution < -0.4 is 10.6 Å². The number of nitrogens with two attached hydrogens (primary N) is 1. The van der Waals surface area contributed by atoms with E-state index in [1.165, 1.54) is 0 Å². The summed E-state index contributed by atoms with van der Waals surface area (Å²) in [6.45, 7) is 3.21. The topological polar surface area (TPSA) is 38.0 Å². The van der Waals surface area contributed by atoms with Crippen LogP contribution in [-0.2, 0) is 0 Å². The predicted octanol–water partition coefficient (Wildman–Crippen LogP) is 0.160. The highest BCUT2D eigenvalue weighted by Gasteiger charge is 1.65. The zero-order valence-corrected chi connectivity index (χ0v) is 3.42. The van der Waals surface area contributed by atoms with Crippen LogP contribution in [0.15, 0.2) is 12.4 Å². The Morgan fingerprint density at radius 3 is 2.20 bits per heavy atom. The van der Waals surface area contributed by atoms with E-state index in [9.17, 15) is 0 Å². The first-order valence-corrected chi connectivity index (χ1v) is 1.46.